The quantitative estimate of drug-likeness (QED) is 0.919. The van der Waals surface area contributed by atoms with E-state index in [0.29, 0.717) is 5.92 Å². The molecular formula is C18H23N3O2. The second kappa shape index (κ2) is 6.34. The Hall–Kier alpha value is -1.85. The van der Waals surface area contributed by atoms with Crippen LogP contribution in [0.25, 0.3) is 0 Å². The van der Waals surface area contributed by atoms with Crippen LogP contribution in [0, 0.1) is 5.92 Å². The fourth-order valence-electron chi connectivity index (χ4n) is 3.55. The highest BCUT2D eigenvalue weighted by molar-refractivity contribution is 5.39. The average Bonchev–Trinajstić information content (AvgIpc) is 3.26. The van der Waals surface area contributed by atoms with E-state index >= 15 is 0 Å². The molecule has 0 bridgehead atoms. The predicted molar refractivity (Wildman–Crippen MR) is 87.4 cm³/mol. The topological polar surface area (TPSA) is 48.3 Å². The van der Waals surface area contributed by atoms with Crippen LogP contribution in [-0.2, 0) is 24.8 Å². The van der Waals surface area contributed by atoms with Gasteiger partial charge < -0.3 is 14.8 Å². The van der Waals surface area contributed by atoms with Gasteiger partial charge in [-0.1, -0.05) is 12.1 Å². The van der Waals surface area contributed by atoms with E-state index in [4.69, 9.17) is 9.47 Å². The van der Waals surface area contributed by atoms with Crippen molar-refractivity contribution < 1.29 is 9.47 Å². The van der Waals surface area contributed by atoms with E-state index in [0.717, 1.165) is 44.9 Å². The second-order valence-electron chi connectivity index (χ2n) is 6.46. The van der Waals surface area contributed by atoms with Gasteiger partial charge in [-0.05, 0) is 23.6 Å². The number of rotatable bonds is 5. The molecule has 23 heavy (non-hydrogen) atoms. The van der Waals surface area contributed by atoms with Crippen molar-refractivity contribution in [2.24, 2.45) is 13.0 Å². The summed E-state index contributed by atoms with van der Waals surface area (Å²) in [6.07, 6.45) is 6.28. The molecule has 5 heteroatoms. The normalized spacial score (nSPS) is 23.0. The molecule has 0 amide bonds. The third-order valence-electron chi connectivity index (χ3n) is 4.76. The Bertz CT molecular complexity index is 683. The first-order chi connectivity index (χ1) is 11.3. The van der Waals surface area contributed by atoms with Crippen molar-refractivity contribution in [2.45, 2.75) is 25.5 Å². The van der Waals surface area contributed by atoms with Crippen LogP contribution in [0.15, 0.2) is 30.6 Å². The number of ether oxygens (including phenoxy) is 2. The van der Waals surface area contributed by atoms with Crippen LogP contribution >= 0.6 is 0 Å². The van der Waals surface area contributed by atoms with Crippen LogP contribution in [0.4, 0.5) is 0 Å². The number of nitrogens with zero attached hydrogens (tertiary/aromatic N) is 2. The summed E-state index contributed by atoms with van der Waals surface area (Å²) in [4.78, 5) is 0. The highest BCUT2D eigenvalue weighted by atomic mass is 16.5. The molecule has 0 spiro atoms. The Kier molecular flexibility index (Phi) is 4.06. The number of hydrogen-bond donors (Lipinski definition) is 1. The van der Waals surface area contributed by atoms with Crippen LogP contribution in [0.5, 0.6) is 5.75 Å². The molecule has 2 aliphatic rings. The first-order valence-corrected chi connectivity index (χ1v) is 8.35. The molecule has 0 unspecified atom stereocenters. The van der Waals surface area contributed by atoms with Crippen LogP contribution in [0.3, 0.4) is 0 Å². The fraction of sp³-hybridized carbons (Fsp3) is 0.500. The molecule has 2 aromatic rings. The van der Waals surface area contributed by atoms with Crippen molar-refractivity contribution >= 4 is 0 Å². The summed E-state index contributed by atoms with van der Waals surface area (Å²) in [7, 11) is 1.95. The van der Waals surface area contributed by atoms with Gasteiger partial charge in [0.1, 0.15) is 5.75 Å². The van der Waals surface area contributed by atoms with Gasteiger partial charge in [0.15, 0.2) is 0 Å². The van der Waals surface area contributed by atoms with E-state index in [1.54, 1.807) is 0 Å². The van der Waals surface area contributed by atoms with Gasteiger partial charge in [0.2, 0.25) is 0 Å². The summed E-state index contributed by atoms with van der Waals surface area (Å²) >= 11 is 0. The van der Waals surface area contributed by atoms with Crippen molar-refractivity contribution in [2.75, 3.05) is 19.8 Å². The van der Waals surface area contributed by atoms with Gasteiger partial charge in [-0.25, -0.2) is 0 Å². The lowest BCUT2D eigenvalue weighted by atomic mass is 9.97. The molecule has 5 nitrogen and oxygen atoms in total. The SMILES string of the molecule is Cn1cc([C@@H]2OCC[C@H]2CNCc2ccc3c(c2)CCO3)cn1. The van der Waals surface area contributed by atoms with Crippen LogP contribution < -0.4 is 10.1 Å². The van der Waals surface area contributed by atoms with Gasteiger partial charge in [-0.3, -0.25) is 4.68 Å². The number of benzene rings is 1. The van der Waals surface area contributed by atoms with E-state index in [2.05, 4.69) is 34.8 Å². The van der Waals surface area contributed by atoms with Gasteiger partial charge in [0, 0.05) is 50.8 Å². The van der Waals surface area contributed by atoms with Gasteiger partial charge in [-0.15, -0.1) is 0 Å². The Morgan fingerprint density at radius 2 is 2.30 bits per heavy atom. The lowest BCUT2D eigenvalue weighted by molar-refractivity contribution is 0.0904. The van der Waals surface area contributed by atoms with E-state index in [9.17, 15) is 0 Å². The molecule has 1 saturated heterocycles. The average molecular weight is 313 g/mol. The van der Waals surface area contributed by atoms with Gasteiger partial charge in [-0.2, -0.15) is 5.10 Å². The zero-order chi connectivity index (χ0) is 15.6. The largest absolute Gasteiger partial charge is 0.493 e. The maximum absolute atomic E-state index is 5.92. The Morgan fingerprint density at radius 1 is 1.35 bits per heavy atom. The Labute approximate surface area is 136 Å². The number of aryl methyl sites for hydroxylation is 1. The summed E-state index contributed by atoms with van der Waals surface area (Å²) in [5.41, 5.74) is 3.85. The van der Waals surface area contributed by atoms with Crippen molar-refractivity contribution in [1.82, 2.24) is 15.1 Å². The first kappa shape index (κ1) is 14.7. The van der Waals surface area contributed by atoms with E-state index in [-0.39, 0.29) is 6.10 Å². The molecule has 0 radical (unpaired) electrons. The Balaban J connectivity index is 1.33. The molecule has 122 valence electrons. The van der Waals surface area contributed by atoms with Crippen LogP contribution in [0.1, 0.15) is 29.2 Å². The molecule has 1 fully saturated rings. The predicted octanol–water partition coefficient (Wildman–Crippen LogP) is 2.22. The summed E-state index contributed by atoms with van der Waals surface area (Å²) in [6, 6.07) is 6.51. The minimum atomic E-state index is 0.171. The third kappa shape index (κ3) is 3.12. The van der Waals surface area contributed by atoms with E-state index in [1.807, 2.05) is 17.9 Å². The molecule has 3 heterocycles. The van der Waals surface area contributed by atoms with Crippen molar-refractivity contribution in [3.63, 3.8) is 0 Å². The maximum atomic E-state index is 5.92. The summed E-state index contributed by atoms with van der Waals surface area (Å²) in [5, 5.41) is 7.85. The van der Waals surface area contributed by atoms with E-state index < -0.39 is 0 Å². The van der Waals surface area contributed by atoms with E-state index in [1.165, 1.54) is 16.7 Å². The highest BCUT2D eigenvalue weighted by Crippen LogP contribution is 2.33. The van der Waals surface area contributed by atoms with Gasteiger partial charge >= 0.3 is 0 Å². The fourth-order valence-corrected chi connectivity index (χ4v) is 3.55. The van der Waals surface area contributed by atoms with Crippen molar-refractivity contribution in [1.29, 1.82) is 0 Å². The van der Waals surface area contributed by atoms with Crippen LogP contribution in [0.2, 0.25) is 0 Å². The molecular weight excluding hydrogens is 290 g/mol. The molecule has 2 atom stereocenters. The summed E-state index contributed by atoms with van der Waals surface area (Å²) in [6.45, 7) is 3.51. The second-order valence-corrected chi connectivity index (χ2v) is 6.46. The van der Waals surface area contributed by atoms with Crippen molar-refractivity contribution in [3.05, 3.63) is 47.3 Å². The molecule has 1 aromatic carbocycles. The van der Waals surface area contributed by atoms with Crippen LogP contribution in [-0.4, -0.2) is 29.5 Å². The lowest BCUT2D eigenvalue weighted by Gasteiger charge is -2.18. The minimum Gasteiger partial charge on any atom is -0.493 e. The van der Waals surface area contributed by atoms with Gasteiger partial charge in [0.25, 0.3) is 0 Å². The molecule has 1 N–H and O–H groups in total. The Morgan fingerprint density at radius 3 is 3.17 bits per heavy atom. The smallest absolute Gasteiger partial charge is 0.122 e. The summed E-state index contributed by atoms with van der Waals surface area (Å²) in [5.74, 6) is 1.56. The molecule has 2 aliphatic heterocycles. The number of fused-ring (bicyclic) bond motifs is 1. The standard InChI is InChI=1S/C18H23N3O2/c1-21-12-16(11-20-21)18-15(5-7-23-18)10-19-9-13-2-3-17-14(8-13)4-6-22-17/h2-3,8,11-12,15,18-19H,4-7,9-10H2,1H3/t15-,18+/m0/s1. The molecule has 0 aliphatic carbocycles. The molecule has 1 aromatic heterocycles. The monoisotopic (exact) mass is 313 g/mol. The minimum absolute atomic E-state index is 0.171. The highest BCUT2D eigenvalue weighted by Gasteiger charge is 2.30. The zero-order valence-corrected chi connectivity index (χ0v) is 13.5. The maximum Gasteiger partial charge on any atom is 0.122 e. The third-order valence-corrected chi connectivity index (χ3v) is 4.76. The number of aromatic nitrogens is 2. The molecule has 0 saturated carbocycles. The number of nitrogens with one attached hydrogen (secondary N) is 1. The summed E-state index contributed by atoms with van der Waals surface area (Å²) < 4.78 is 13.3. The number of hydrogen-bond acceptors (Lipinski definition) is 4. The van der Waals surface area contributed by atoms with Crippen molar-refractivity contribution in [3.8, 4) is 5.75 Å². The molecule has 4 rings (SSSR count). The zero-order valence-electron chi connectivity index (χ0n) is 13.5. The van der Waals surface area contributed by atoms with Gasteiger partial charge in [0.05, 0.1) is 18.9 Å². The lowest BCUT2D eigenvalue weighted by Crippen LogP contribution is -2.24. The first-order valence-electron chi connectivity index (χ1n) is 8.35.